The van der Waals surface area contributed by atoms with E-state index < -0.39 is 8.07 Å². The summed E-state index contributed by atoms with van der Waals surface area (Å²) in [6.07, 6.45) is 0. The largest absolute Gasteiger partial charge is 0.367 e. The number of benzene rings is 2. The van der Waals surface area contributed by atoms with Gasteiger partial charge in [0, 0.05) is 31.9 Å². The first-order chi connectivity index (χ1) is 12.8. The Morgan fingerprint density at radius 1 is 0.963 bits per heavy atom. The van der Waals surface area contributed by atoms with Crippen molar-refractivity contribution in [2.45, 2.75) is 19.6 Å². The van der Waals surface area contributed by atoms with Gasteiger partial charge in [-0.25, -0.2) is 4.79 Å². The van der Waals surface area contributed by atoms with Crippen LogP contribution in [0.2, 0.25) is 29.7 Å². The van der Waals surface area contributed by atoms with E-state index in [-0.39, 0.29) is 6.03 Å². The van der Waals surface area contributed by atoms with Gasteiger partial charge in [0.25, 0.3) is 0 Å². The monoisotopic (exact) mass is 421 g/mol. The zero-order valence-corrected chi connectivity index (χ0v) is 18.4. The van der Waals surface area contributed by atoms with Crippen LogP contribution in [0, 0.1) is 0 Å². The van der Waals surface area contributed by atoms with E-state index in [1.54, 1.807) is 6.07 Å². The molecule has 0 saturated carbocycles. The summed E-state index contributed by atoms with van der Waals surface area (Å²) in [7, 11) is -1.33. The molecule has 0 spiro atoms. The lowest BCUT2D eigenvalue weighted by Crippen LogP contribution is -2.50. The molecule has 0 aromatic heterocycles. The number of rotatable bonds is 3. The molecule has 0 bridgehead atoms. The summed E-state index contributed by atoms with van der Waals surface area (Å²) in [6, 6.07) is 13.8. The zero-order chi connectivity index (χ0) is 19.6. The quantitative estimate of drug-likeness (QED) is 0.715. The maximum absolute atomic E-state index is 12.6. The predicted molar refractivity (Wildman–Crippen MR) is 119 cm³/mol. The Balaban J connectivity index is 1.58. The van der Waals surface area contributed by atoms with E-state index >= 15 is 0 Å². The average molecular weight is 422 g/mol. The number of nitrogens with one attached hydrogen (secondary N) is 1. The number of nitrogens with zero attached hydrogens (tertiary/aromatic N) is 2. The van der Waals surface area contributed by atoms with Gasteiger partial charge in [-0.2, -0.15) is 0 Å². The molecule has 0 atom stereocenters. The highest BCUT2D eigenvalue weighted by Gasteiger charge is 2.23. The molecule has 0 aliphatic carbocycles. The maximum atomic E-state index is 12.6. The van der Waals surface area contributed by atoms with E-state index in [2.05, 4.69) is 42.0 Å². The minimum Gasteiger partial charge on any atom is -0.367 e. The van der Waals surface area contributed by atoms with Crippen molar-refractivity contribution in [2.75, 3.05) is 36.4 Å². The van der Waals surface area contributed by atoms with E-state index in [1.165, 1.54) is 5.19 Å². The molecule has 1 aliphatic heterocycles. The molecule has 2 amide bonds. The summed E-state index contributed by atoms with van der Waals surface area (Å²) in [6.45, 7) is 9.66. The van der Waals surface area contributed by atoms with Gasteiger partial charge >= 0.3 is 6.03 Å². The highest BCUT2D eigenvalue weighted by atomic mass is 35.5. The van der Waals surface area contributed by atoms with Gasteiger partial charge in [0.05, 0.1) is 23.8 Å². The molecule has 1 N–H and O–H groups in total. The predicted octanol–water partition coefficient (Wildman–Crippen LogP) is 4.89. The third-order valence-corrected chi connectivity index (χ3v) is 7.72. The SMILES string of the molecule is C[Si](C)(C)c1ccc(NC(=O)N2CCN(c3cccc(Cl)c3Cl)CC2)cc1. The molecule has 4 nitrogen and oxygen atoms in total. The number of hydrogen-bond acceptors (Lipinski definition) is 2. The third-order valence-electron chi connectivity index (χ3n) is 4.84. The number of anilines is 2. The van der Waals surface area contributed by atoms with Crippen LogP contribution < -0.4 is 15.4 Å². The lowest BCUT2D eigenvalue weighted by molar-refractivity contribution is 0.208. The first-order valence-corrected chi connectivity index (χ1v) is 13.4. The van der Waals surface area contributed by atoms with Crippen LogP contribution in [-0.4, -0.2) is 45.2 Å². The van der Waals surface area contributed by atoms with Crippen LogP contribution in [-0.2, 0) is 0 Å². The summed E-state index contributed by atoms with van der Waals surface area (Å²) in [5, 5.41) is 5.51. The first kappa shape index (κ1) is 20.1. The number of hydrogen-bond donors (Lipinski definition) is 1. The van der Waals surface area contributed by atoms with Crippen LogP contribution in [0.5, 0.6) is 0 Å². The molecule has 2 aromatic rings. The lowest BCUT2D eigenvalue weighted by Gasteiger charge is -2.36. The number of carbonyl (C=O) groups is 1. The van der Waals surface area contributed by atoms with Crippen LogP contribution in [0.15, 0.2) is 42.5 Å². The second kappa shape index (κ2) is 8.13. The Hall–Kier alpha value is -1.69. The smallest absolute Gasteiger partial charge is 0.321 e. The Morgan fingerprint density at radius 2 is 1.59 bits per heavy atom. The summed E-state index contributed by atoms with van der Waals surface area (Å²) in [4.78, 5) is 16.6. The van der Waals surface area contributed by atoms with Crippen molar-refractivity contribution in [1.29, 1.82) is 0 Å². The van der Waals surface area contributed by atoms with Gasteiger partial charge in [-0.15, -0.1) is 0 Å². The van der Waals surface area contributed by atoms with Crippen molar-refractivity contribution in [3.05, 3.63) is 52.5 Å². The molecule has 1 heterocycles. The topological polar surface area (TPSA) is 35.6 Å². The van der Waals surface area contributed by atoms with Gasteiger partial charge in [0.15, 0.2) is 0 Å². The highest BCUT2D eigenvalue weighted by molar-refractivity contribution is 6.88. The molecular formula is C20H25Cl2N3OSi. The van der Waals surface area contributed by atoms with Crippen LogP contribution in [0.25, 0.3) is 0 Å². The van der Waals surface area contributed by atoms with Crippen molar-refractivity contribution < 1.29 is 4.79 Å². The Bertz CT molecular complexity index is 813. The Kier molecular flexibility index (Phi) is 6.04. The molecule has 1 fully saturated rings. The zero-order valence-electron chi connectivity index (χ0n) is 15.9. The lowest BCUT2D eigenvalue weighted by atomic mass is 10.2. The standard InChI is InChI=1S/C20H25Cl2N3OSi/c1-27(2,3)16-9-7-15(8-10-16)23-20(26)25-13-11-24(12-14-25)18-6-4-5-17(21)19(18)22/h4-10H,11-14H2,1-3H3,(H,23,26). The van der Waals surface area contributed by atoms with E-state index in [0.29, 0.717) is 23.1 Å². The highest BCUT2D eigenvalue weighted by Crippen LogP contribution is 2.32. The van der Waals surface area contributed by atoms with Gasteiger partial charge in [0.1, 0.15) is 0 Å². The second-order valence-corrected chi connectivity index (χ2v) is 13.7. The average Bonchev–Trinajstić information content (AvgIpc) is 2.64. The fraction of sp³-hybridized carbons (Fsp3) is 0.350. The molecular weight excluding hydrogens is 397 g/mol. The van der Waals surface area contributed by atoms with Crippen molar-refractivity contribution in [1.82, 2.24) is 4.90 Å². The molecule has 1 saturated heterocycles. The molecule has 3 rings (SSSR count). The van der Waals surface area contributed by atoms with Crippen LogP contribution in [0.4, 0.5) is 16.2 Å². The van der Waals surface area contributed by atoms with Gasteiger partial charge < -0.3 is 15.1 Å². The second-order valence-electron chi connectivity index (χ2n) is 7.80. The Labute approximate surface area is 172 Å². The molecule has 27 heavy (non-hydrogen) atoms. The maximum Gasteiger partial charge on any atom is 0.321 e. The molecule has 7 heteroatoms. The van der Waals surface area contributed by atoms with Crippen molar-refractivity contribution >= 4 is 53.9 Å². The van der Waals surface area contributed by atoms with Crippen LogP contribution in [0.1, 0.15) is 0 Å². The van der Waals surface area contributed by atoms with E-state index in [1.807, 2.05) is 29.2 Å². The van der Waals surface area contributed by atoms with Gasteiger partial charge in [0.2, 0.25) is 0 Å². The van der Waals surface area contributed by atoms with Crippen molar-refractivity contribution in [2.24, 2.45) is 0 Å². The van der Waals surface area contributed by atoms with Crippen LogP contribution >= 0.6 is 23.2 Å². The fourth-order valence-corrected chi connectivity index (χ4v) is 4.72. The summed E-state index contributed by atoms with van der Waals surface area (Å²) in [5.41, 5.74) is 1.76. The summed E-state index contributed by atoms with van der Waals surface area (Å²) < 4.78 is 0. The number of urea groups is 1. The van der Waals surface area contributed by atoms with Crippen molar-refractivity contribution in [3.63, 3.8) is 0 Å². The Morgan fingerprint density at radius 3 is 2.19 bits per heavy atom. The number of halogens is 2. The number of carbonyl (C=O) groups excluding carboxylic acids is 1. The minimum atomic E-state index is -1.33. The van der Waals surface area contributed by atoms with Crippen molar-refractivity contribution in [3.8, 4) is 0 Å². The molecule has 144 valence electrons. The van der Waals surface area contributed by atoms with Gasteiger partial charge in [-0.1, -0.05) is 66.2 Å². The van der Waals surface area contributed by atoms with Crippen LogP contribution in [0.3, 0.4) is 0 Å². The normalized spacial score (nSPS) is 15.0. The summed E-state index contributed by atoms with van der Waals surface area (Å²) in [5.74, 6) is 0. The van der Waals surface area contributed by atoms with E-state index in [0.717, 1.165) is 24.5 Å². The molecule has 2 aromatic carbocycles. The summed E-state index contributed by atoms with van der Waals surface area (Å²) >= 11 is 12.4. The molecule has 0 radical (unpaired) electrons. The van der Waals surface area contributed by atoms with E-state index in [9.17, 15) is 4.79 Å². The molecule has 0 unspecified atom stereocenters. The van der Waals surface area contributed by atoms with E-state index in [4.69, 9.17) is 23.2 Å². The fourth-order valence-electron chi connectivity index (χ4n) is 3.14. The molecule has 1 aliphatic rings. The number of amides is 2. The third kappa shape index (κ3) is 4.78. The van der Waals surface area contributed by atoms with Gasteiger partial charge in [-0.3, -0.25) is 0 Å². The number of piperazine rings is 1. The first-order valence-electron chi connectivity index (χ1n) is 9.11. The minimum absolute atomic E-state index is 0.0624. The van der Waals surface area contributed by atoms with Gasteiger partial charge in [-0.05, 0) is 24.3 Å².